The molecule has 0 radical (unpaired) electrons. The standard InChI is InChI=1S/C30H47F2NO5/c1-17(6-9-25(36)33-12-4-5-18(15-33)27(37)38)20-7-8-21-26-22(10-11-28(20,21)2)29(3)16-30(31,32)24(35)14-19(29)13-23(26)34/h17-24,26,34-35H,4-16H2,1-3H3,(H,37,38)/t17-,18?,19-,20-,21+,22+,23+,24-,26+,28-,29+/m1/s1. The van der Waals surface area contributed by atoms with Gasteiger partial charge < -0.3 is 20.2 Å². The number of aliphatic hydroxyl groups is 2. The van der Waals surface area contributed by atoms with E-state index in [4.69, 9.17) is 0 Å². The molecule has 0 aromatic carbocycles. The van der Waals surface area contributed by atoms with Gasteiger partial charge in [0.05, 0.1) is 12.0 Å². The van der Waals surface area contributed by atoms with Crippen molar-refractivity contribution in [3.63, 3.8) is 0 Å². The lowest BCUT2D eigenvalue weighted by molar-refractivity contribution is -0.236. The number of alkyl halides is 2. The molecule has 0 aromatic heterocycles. The summed E-state index contributed by atoms with van der Waals surface area (Å²) in [6.07, 6.45) is 4.52. The molecule has 0 aromatic rings. The van der Waals surface area contributed by atoms with Crippen molar-refractivity contribution in [3.05, 3.63) is 0 Å². The molecule has 4 aliphatic carbocycles. The summed E-state index contributed by atoms with van der Waals surface area (Å²) in [5, 5.41) is 30.8. The van der Waals surface area contributed by atoms with Gasteiger partial charge in [0.2, 0.25) is 5.91 Å². The number of hydrogen-bond acceptors (Lipinski definition) is 4. The number of nitrogens with zero attached hydrogens (tertiary/aromatic N) is 1. The van der Waals surface area contributed by atoms with Gasteiger partial charge in [0, 0.05) is 25.9 Å². The van der Waals surface area contributed by atoms with Crippen molar-refractivity contribution in [3.8, 4) is 0 Å². The number of hydrogen-bond donors (Lipinski definition) is 3. The lowest BCUT2D eigenvalue weighted by atomic mass is 9.43. The number of aliphatic carboxylic acids is 1. The first-order valence-electron chi connectivity index (χ1n) is 15.0. The lowest BCUT2D eigenvalue weighted by Crippen LogP contribution is -2.62. The Kier molecular flexibility index (Phi) is 7.41. The number of carboxylic acids is 1. The minimum Gasteiger partial charge on any atom is -0.481 e. The van der Waals surface area contributed by atoms with Crippen molar-refractivity contribution < 1.29 is 33.7 Å². The Morgan fingerprint density at radius 3 is 2.45 bits per heavy atom. The molecule has 0 bridgehead atoms. The van der Waals surface area contributed by atoms with E-state index in [1.54, 1.807) is 4.90 Å². The molecule has 1 unspecified atom stereocenters. The molecule has 1 heterocycles. The molecule has 1 amide bonds. The summed E-state index contributed by atoms with van der Waals surface area (Å²) in [5.41, 5.74) is -0.545. The van der Waals surface area contributed by atoms with Gasteiger partial charge in [-0.05, 0) is 104 Å². The van der Waals surface area contributed by atoms with Crippen LogP contribution in [0.2, 0.25) is 0 Å². The summed E-state index contributed by atoms with van der Waals surface area (Å²) in [5.74, 6) is -3.30. The smallest absolute Gasteiger partial charge is 0.308 e. The number of piperidine rings is 1. The summed E-state index contributed by atoms with van der Waals surface area (Å²) >= 11 is 0. The topological polar surface area (TPSA) is 98.1 Å². The summed E-state index contributed by atoms with van der Waals surface area (Å²) in [4.78, 5) is 26.1. The molecule has 4 saturated carbocycles. The van der Waals surface area contributed by atoms with E-state index in [9.17, 15) is 33.7 Å². The molecule has 3 N–H and O–H groups in total. The van der Waals surface area contributed by atoms with Gasteiger partial charge in [0.25, 0.3) is 5.92 Å². The van der Waals surface area contributed by atoms with Crippen molar-refractivity contribution in [2.24, 2.45) is 52.3 Å². The van der Waals surface area contributed by atoms with Crippen LogP contribution in [0.5, 0.6) is 0 Å². The molecular weight excluding hydrogens is 492 g/mol. The largest absolute Gasteiger partial charge is 0.481 e. The summed E-state index contributed by atoms with van der Waals surface area (Å²) in [6.45, 7) is 7.51. The molecule has 8 heteroatoms. The SMILES string of the molecule is C[C@H](CCC(=O)N1CCCC(C(=O)O)C1)[C@H]1CC[C@H]2[C@@H]3[C@@H](O)C[C@@H]4C[C@@H](O)C(F)(F)C[C@]4(C)[C@H]3CC[C@]12C. The fourth-order valence-electron chi connectivity index (χ4n) is 10.3. The van der Waals surface area contributed by atoms with Crippen molar-refractivity contribution >= 4 is 11.9 Å². The Hall–Kier alpha value is -1.28. The van der Waals surface area contributed by atoms with Crippen molar-refractivity contribution in [2.75, 3.05) is 13.1 Å². The third-order valence-corrected chi connectivity index (χ3v) is 12.4. The van der Waals surface area contributed by atoms with Gasteiger partial charge in [-0.15, -0.1) is 0 Å². The number of halogens is 2. The minimum absolute atomic E-state index is 0.0150. The van der Waals surface area contributed by atoms with Gasteiger partial charge in [-0.25, -0.2) is 8.78 Å². The van der Waals surface area contributed by atoms with Crippen LogP contribution in [0, 0.1) is 52.3 Å². The van der Waals surface area contributed by atoms with E-state index in [1.165, 1.54) is 0 Å². The van der Waals surface area contributed by atoms with Crippen LogP contribution in [0.3, 0.4) is 0 Å². The van der Waals surface area contributed by atoms with Crippen molar-refractivity contribution in [2.45, 2.75) is 110 Å². The first-order chi connectivity index (χ1) is 17.8. The average Bonchev–Trinajstić information content (AvgIpc) is 3.21. The maximum Gasteiger partial charge on any atom is 0.308 e. The van der Waals surface area contributed by atoms with E-state index in [1.807, 2.05) is 6.92 Å². The Balaban J connectivity index is 1.25. The van der Waals surface area contributed by atoms with Crippen LogP contribution < -0.4 is 0 Å². The van der Waals surface area contributed by atoms with Crippen LogP contribution in [0.25, 0.3) is 0 Å². The van der Waals surface area contributed by atoms with Crippen molar-refractivity contribution in [1.29, 1.82) is 0 Å². The van der Waals surface area contributed by atoms with Crippen LogP contribution >= 0.6 is 0 Å². The minimum atomic E-state index is -3.07. The number of carbonyl (C=O) groups is 2. The molecule has 38 heavy (non-hydrogen) atoms. The zero-order valence-electron chi connectivity index (χ0n) is 23.2. The molecule has 11 atom stereocenters. The van der Waals surface area contributed by atoms with Crippen molar-refractivity contribution in [1.82, 2.24) is 4.90 Å². The monoisotopic (exact) mass is 539 g/mol. The molecule has 5 fully saturated rings. The normalized spacial score (nSPS) is 47.0. The third-order valence-electron chi connectivity index (χ3n) is 12.4. The van der Waals surface area contributed by atoms with Gasteiger partial charge in [-0.2, -0.15) is 0 Å². The summed E-state index contributed by atoms with van der Waals surface area (Å²) < 4.78 is 29.5. The fraction of sp³-hybridized carbons (Fsp3) is 0.933. The highest BCUT2D eigenvalue weighted by Gasteiger charge is 2.66. The molecule has 216 valence electrons. The van der Waals surface area contributed by atoms with Crippen LogP contribution in [0.1, 0.15) is 91.4 Å². The Bertz CT molecular complexity index is 930. The van der Waals surface area contributed by atoms with Crippen LogP contribution in [-0.4, -0.2) is 63.3 Å². The fourth-order valence-corrected chi connectivity index (χ4v) is 10.3. The van der Waals surface area contributed by atoms with Crippen LogP contribution in [0.4, 0.5) is 8.78 Å². The van der Waals surface area contributed by atoms with Gasteiger partial charge in [-0.1, -0.05) is 20.8 Å². The number of carboxylic acid groups (broad SMARTS) is 1. The van der Waals surface area contributed by atoms with E-state index in [-0.39, 0.29) is 47.8 Å². The number of rotatable bonds is 5. The number of likely N-dealkylation sites (tertiary alicyclic amines) is 1. The molecule has 0 spiro atoms. The summed E-state index contributed by atoms with van der Waals surface area (Å²) in [6, 6.07) is 0. The predicted molar refractivity (Wildman–Crippen MR) is 138 cm³/mol. The number of carbonyl (C=O) groups excluding carboxylic acids is 1. The zero-order chi connectivity index (χ0) is 27.6. The molecular formula is C30H47F2NO5. The first-order valence-corrected chi connectivity index (χ1v) is 15.0. The van der Waals surface area contributed by atoms with Gasteiger partial charge in [0.15, 0.2) is 0 Å². The van der Waals surface area contributed by atoms with E-state index in [2.05, 4.69) is 13.8 Å². The van der Waals surface area contributed by atoms with E-state index < -0.39 is 35.4 Å². The van der Waals surface area contributed by atoms with E-state index >= 15 is 0 Å². The van der Waals surface area contributed by atoms with E-state index in [0.717, 1.165) is 38.5 Å². The quantitative estimate of drug-likeness (QED) is 0.459. The van der Waals surface area contributed by atoms with E-state index in [0.29, 0.717) is 44.2 Å². The Morgan fingerprint density at radius 1 is 1.03 bits per heavy atom. The van der Waals surface area contributed by atoms with Gasteiger partial charge >= 0.3 is 5.97 Å². The summed E-state index contributed by atoms with van der Waals surface area (Å²) in [7, 11) is 0. The highest BCUT2D eigenvalue weighted by molar-refractivity contribution is 5.78. The number of amides is 1. The average molecular weight is 540 g/mol. The Morgan fingerprint density at radius 2 is 1.74 bits per heavy atom. The molecule has 1 aliphatic heterocycles. The molecule has 5 aliphatic rings. The first kappa shape index (κ1) is 28.3. The highest BCUT2D eigenvalue weighted by Crippen LogP contribution is 2.69. The number of aliphatic hydroxyl groups excluding tert-OH is 2. The zero-order valence-corrected chi connectivity index (χ0v) is 23.2. The number of fused-ring (bicyclic) bond motifs is 5. The van der Waals surface area contributed by atoms with Crippen LogP contribution in [0.15, 0.2) is 0 Å². The second-order valence-corrected chi connectivity index (χ2v) is 14.2. The second-order valence-electron chi connectivity index (χ2n) is 14.2. The predicted octanol–water partition coefficient (Wildman–Crippen LogP) is 4.96. The third kappa shape index (κ3) is 4.59. The maximum absolute atomic E-state index is 14.8. The lowest BCUT2D eigenvalue weighted by Gasteiger charge is -2.63. The van der Waals surface area contributed by atoms with Gasteiger partial charge in [0.1, 0.15) is 6.10 Å². The molecule has 1 saturated heterocycles. The highest BCUT2D eigenvalue weighted by atomic mass is 19.3. The molecule has 5 rings (SSSR count). The van der Waals surface area contributed by atoms with Crippen LogP contribution in [-0.2, 0) is 9.59 Å². The maximum atomic E-state index is 14.8. The Labute approximate surface area is 225 Å². The second kappa shape index (κ2) is 9.97. The molecule has 6 nitrogen and oxygen atoms in total. The van der Waals surface area contributed by atoms with Gasteiger partial charge in [-0.3, -0.25) is 9.59 Å².